The fourth-order valence-electron chi connectivity index (χ4n) is 2.18. The van der Waals surface area contributed by atoms with Gasteiger partial charge in [-0.1, -0.05) is 30.4 Å². The van der Waals surface area contributed by atoms with E-state index in [0.29, 0.717) is 5.56 Å². The number of carboxylic acid groups (broad SMARTS) is 1. The molecule has 0 heterocycles. The van der Waals surface area contributed by atoms with E-state index < -0.39 is 18.1 Å². The summed E-state index contributed by atoms with van der Waals surface area (Å²) < 4.78 is 5.06. The first-order valence-electron chi connectivity index (χ1n) is 7.33. The maximum Gasteiger partial charge on any atom is 0.408 e. The fraction of sp³-hybridized carbons (Fsp3) is 0.294. The van der Waals surface area contributed by atoms with Crippen LogP contribution < -0.4 is 5.32 Å². The lowest BCUT2D eigenvalue weighted by molar-refractivity contribution is -0.139. The van der Waals surface area contributed by atoms with Crippen molar-refractivity contribution in [2.24, 2.45) is 0 Å². The van der Waals surface area contributed by atoms with Crippen molar-refractivity contribution in [3.05, 3.63) is 53.6 Å². The number of phenols is 1. The Hall–Kier alpha value is -2.76. The van der Waals surface area contributed by atoms with Crippen LogP contribution in [-0.4, -0.2) is 34.9 Å². The Morgan fingerprint density at radius 3 is 2.61 bits per heavy atom. The highest BCUT2D eigenvalue weighted by Gasteiger charge is 2.21. The van der Waals surface area contributed by atoms with Crippen molar-refractivity contribution in [3.8, 4) is 5.75 Å². The van der Waals surface area contributed by atoms with Gasteiger partial charge in [0.1, 0.15) is 18.4 Å². The maximum atomic E-state index is 11.8. The molecule has 0 aliphatic heterocycles. The predicted octanol–water partition coefficient (Wildman–Crippen LogP) is 2.39. The third kappa shape index (κ3) is 5.50. The number of aromatic hydroxyl groups is 1. The zero-order valence-corrected chi connectivity index (χ0v) is 12.6. The number of rotatable bonds is 6. The van der Waals surface area contributed by atoms with Gasteiger partial charge in [-0.15, -0.1) is 0 Å². The van der Waals surface area contributed by atoms with Crippen LogP contribution in [0.15, 0.2) is 48.1 Å². The molecule has 0 saturated heterocycles. The minimum absolute atomic E-state index is 0.0998. The lowest BCUT2D eigenvalue weighted by atomic mass is 10.1. The van der Waals surface area contributed by atoms with Crippen LogP contribution in [0.1, 0.15) is 18.4 Å². The summed E-state index contributed by atoms with van der Waals surface area (Å²) in [5, 5.41) is 20.8. The van der Waals surface area contributed by atoms with E-state index in [1.165, 1.54) is 12.1 Å². The molecule has 1 amide bonds. The number of hydrogen-bond donors (Lipinski definition) is 3. The van der Waals surface area contributed by atoms with E-state index in [-0.39, 0.29) is 18.8 Å². The van der Waals surface area contributed by atoms with E-state index in [2.05, 4.69) is 5.32 Å². The highest BCUT2D eigenvalue weighted by atomic mass is 16.5. The summed E-state index contributed by atoms with van der Waals surface area (Å²) in [5.74, 6) is -1.04. The predicted molar refractivity (Wildman–Crippen MR) is 84.2 cm³/mol. The molecule has 1 atom stereocenters. The Morgan fingerprint density at radius 1 is 1.26 bits per heavy atom. The van der Waals surface area contributed by atoms with Gasteiger partial charge < -0.3 is 20.3 Å². The molecule has 0 bridgehead atoms. The topological polar surface area (TPSA) is 95.9 Å². The lowest BCUT2D eigenvalue weighted by Gasteiger charge is -2.16. The smallest absolute Gasteiger partial charge is 0.408 e. The van der Waals surface area contributed by atoms with Gasteiger partial charge in [0.05, 0.1) is 0 Å². The van der Waals surface area contributed by atoms with Gasteiger partial charge in [0, 0.05) is 6.42 Å². The maximum absolute atomic E-state index is 11.8. The van der Waals surface area contributed by atoms with E-state index in [4.69, 9.17) is 4.74 Å². The Labute approximate surface area is 134 Å². The monoisotopic (exact) mass is 317 g/mol. The second kappa shape index (κ2) is 8.03. The van der Waals surface area contributed by atoms with Crippen molar-refractivity contribution in [3.63, 3.8) is 0 Å². The van der Waals surface area contributed by atoms with Gasteiger partial charge in [-0.3, -0.25) is 0 Å². The van der Waals surface area contributed by atoms with E-state index in [0.717, 1.165) is 18.4 Å². The lowest BCUT2D eigenvalue weighted by Crippen LogP contribution is -2.42. The molecule has 1 aromatic rings. The van der Waals surface area contributed by atoms with Crippen LogP contribution in [0.5, 0.6) is 5.75 Å². The molecule has 23 heavy (non-hydrogen) atoms. The quantitative estimate of drug-likeness (QED) is 0.748. The Kier molecular flexibility index (Phi) is 5.80. The molecule has 2 rings (SSSR count). The molecule has 122 valence electrons. The molecule has 0 aromatic heterocycles. The van der Waals surface area contributed by atoms with E-state index in [1.807, 2.05) is 18.2 Å². The van der Waals surface area contributed by atoms with Crippen LogP contribution in [-0.2, 0) is 16.0 Å². The van der Waals surface area contributed by atoms with Gasteiger partial charge in [0.15, 0.2) is 0 Å². The number of alkyl carbamates (subject to hydrolysis) is 1. The highest BCUT2D eigenvalue weighted by Crippen LogP contribution is 2.13. The highest BCUT2D eigenvalue weighted by molar-refractivity contribution is 5.80. The normalized spacial score (nSPS) is 14.7. The molecule has 6 nitrogen and oxygen atoms in total. The number of carbonyl (C=O) groups is 2. The van der Waals surface area contributed by atoms with Crippen molar-refractivity contribution in [1.82, 2.24) is 5.32 Å². The van der Waals surface area contributed by atoms with Gasteiger partial charge in [0.2, 0.25) is 0 Å². The summed E-state index contributed by atoms with van der Waals surface area (Å²) in [6.07, 6.45) is 6.92. The molecule has 1 aliphatic rings. The summed E-state index contributed by atoms with van der Waals surface area (Å²) in [7, 11) is 0. The van der Waals surface area contributed by atoms with Crippen molar-refractivity contribution in [1.29, 1.82) is 0 Å². The second-order valence-electron chi connectivity index (χ2n) is 5.27. The van der Waals surface area contributed by atoms with Gasteiger partial charge >= 0.3 is 12.1 Å². The second-order valence-corrected chi connectivity index (χ2v) is 5.27. The SMILES string of the molecule is O=C(NC(Cc1ccc(O)cc1)C(=O)O)OCC1=CC=CCC1. The van der Waals surface area contributed by atoms with Crippen molar-refractivity contribution in [2.45, 2.75) is 25.3 Å². The van der Waals surface area contributed by atoms with E-state index >= 15 is 0 Å². The average Bonchev–Trinajstić information content (AvgIpc) is 2.55. The third-order valence-corrected chi connectivity index (χ3v) is 3.46. The Morgan fingerprint density at radius 2 is 2.00 bits per heavy atom. The summed E-state index contributed by atoms with van der Waals surface area (Å²) in [6.45, 7) is 0.154. The molecular formula is C17H19NO5. The molecule has 6 heteroatoms. The van der Waals surface area contributed by atoms with Gasteiger partial charge in [-0.05, 0) is 36.1 Å². The fourth-order valence-corrected chi connectivity index (χ4v) is 2.18. The molecule has 0 spiro atoms. The molecule has 0 radical (unpaired) electrons. The number of benzene rings is 1. The number of aliphatic carboxylic acids is 1. The number of hydrogen-bond acceptors (Lipinski definition) is 4. The van der Waals surface area contributed by atoms with Crippen LogP contribution in [0.3, 0.4) is 0 Å². The van der Waals surface area contributed by atoms with E-state index in [1.54, 1.807) is 12.1 Å². The largest absolute Gasteiger partial charge is 0.508 e. The standard InChI is InChI=1S/C17H19NO5/c19-14-8-6-12(7-9-14)10-15(16(20)21)18-17(22)23-11-13-4-2-1-3-5-13/h1-2,4,6-9,15,19H,3,5,10-11H2,(H,18,22)(H,20,21). The molecule has 0 fully saturated rings. The number of carboxylic acids is 1. The van der Waals surface area contributed by atoms with Crippen LogP contribution in [0.25, 0.3) is 0 Å². The van der Waals surface area contributed by atoms with Crippen molar-refractivity contribution >= 4 is 12.1 Å². The number of ether oxygens (including phenoxy) is 1. The van der Waals surface area contributed by atoms with Crippen LogP contribution in [0.2, 0.25) is 0 Å². The minimum Gasteiger partial charge on any atom is -0.508 e. The summed E-state index contributed by atoms with van der Waals surface area (Å²) in [4.78, 5) is 23.0. The third-order valence-electron chi connectivity index (χ3n) is 3.46. The van der Waals surface area contributed by atoms with Crippen LogP contribution >= 0.6 is 0 Å². The van der Waals surface area contributed by atoms with Crippen molar-refractivity contribution in [2.75, 3.05) is 6.61 Å². The first-order chi connectivity index (χ1) is 11.0. The number of carbonyl (C=O) groups excluding carboxylic acids is 1. The number of phenolic OH excluding ortho intramolecular Hbond substituents is 1. The molecule has 1 aromatic carbocycles. The van der Waals surface area contributed by atoms with Crippen molar-refractivity contribution < 1.29 is 24.5 Å². The van der Waals surface area contributed by atoms with E-state index in [9.17, 15) is 19.8 Å². The molecule has 3 N–H and O–H groups in total. The molecule has 0 saturated carbocycles. The van der Waals surface area contributed by atoms with Crippen LogP contribution in [0, 0.1) is 0 Å². The van der Waals surface area contributed by atoms with Crippen LogP contribution in [0.4, 0.5) is 4.79 Å². The number of allylic oxidation sites excluding steroid dienone is 3. The first-order valence-corrected chi connectivity index (χ1v) is 7.33. The summed E-state index contributed by atoms with van der Waals surface area (Å²) in [6, 6.07) is 5.06. The summed E-state index contributed by atoms with van der Waals surface area (Å²) >= 11 is 0. The zero-order chi connectivity index (χ0) is 16.7. The Balaban J connectivity index is 1.86. The average molecular weight is 317 g/mol. The molecule has 1 aliphatic carbocycles. The number of amides is 1. The van der Waals surface area contributed by atoms with Gasteiger partial charge in [0.25, 0.3) is 0 Å². The van der Waals surface area contributed by atoms with Gasteiger partial charge in [-0.2, -0.15) is 0 Å². The minimum atomic E-state index is -1.14. The Bertz CT molecular complexity index is 618. The zero-order valence-electron chi connectivity index (χ0n) is 12.6. The van der Waals surface area contributed by atoms with Gasteiger partial charge in [-0.25, -0.2) is 9.59 Å². The first kappa shape index (κ1) is 16.6. The number of nitrogens with one attached hydrogen (secondary N) is 1. The summed E-state index contributed by atoms with van der Waals surface area (Å²) in [5.41, 5.74) is 1.68. The molecule has 1 unspecified atom stereocenters. The molecular weight excluding hydrogens is 298 g/mol.